The first kappa shape index (κ1) is 21.6. The van der Waals surface area contributed by atoms with E-state index in [1.54, 1.807) is 0 Å². The third kappa shape index (κ3) is 3.72. The van der Waals surface area contributed by atoms with Crippen molar-refractivity contribution < 1.29 is 29.6 Å². The lowest BCUT2D eigenvalue weighted by molar-refractivity contribution is -0.658. The molecule has 0 fully saturated rings. The standard InChI is InChI=1S/C12H14N4O8S2/c13-8(9(17)18)6-25-26-12(16(23)24,7-4-2-1-3-5-7)11(14,10(19)20)15(21)22/h1-5,8H,6,13-14H2,(H,17,18)(H,19,20)/t8-,11-,12?/m0/s1. The normalized spacial score (nSPS) is 16.7. The lowest BCUT2D eigenvalue weighted by atomic mass is 9.93. The molecule has 0 spiro atoms. The Morgan fingerprint density at radius 3 is 2.08 bits per heavy atom. The van der Waals surface area contributed by atoms with Gasteiger partial charge in [0.05, 0.1) is 15.4 Å². The number of hydrogen-bond donors (Lipinski definition) is 4. The molecule has 14 heteroatoms. The molecule has 26 heavy (non-hydrogen) atoms. The molecule has 0 aliphatic carbocycles. The Labute approximate surface area is 153 Å². The Kier molecular flexibility index (Phi) is 6.91. The number of benzene rings is 1. The molecule has 6 N–H and O–H groups in total. The number of carboxylic acids is 2. The Hall–Kier alpha value is -2.42. The van der Waals surface area contributed by atoms with Crippen LogP contribution in [0.3, 0.4) is 0 Å². The van der Waals surface area contributed by atoms with Crippen LogP contribution >= 0.6 is 21.6 Å². The molecule has 0 aliphatic rings. The van der Waals surface area contributed by atoms with Crippen LogP contribution in [0.25, 0.3) is 0 Å². The Bertz CT molecular complexity index is 704. The van der Waals surface area contributed by atoms with Crippen molar-refractivity contribution >= 4 is 33.5 Å². The summed E-state index contributed by atoms with van der Waals surface area (Å²) in [5.41, 5.74) is 6.88. The maximum atomic E-state index is 11.9. The fraction of sp³-hybridized carbons (Fsp3) is 0.333. The van der Waals surface area contributed by atoms with Gasteiger partial charge in [0, 0.05) is 16.5 Å². The van der Waals surface area contributed by atoms with Gasteiger partial charge < -0.3 is 15.9 Å². The third-order valence-electron chi connectivity index (χ3n) is 3.30. The fourth-order valence-electron chi connectivity index (χ4n) is 1.88. The lowest BCUT2D eigenvalue weighted by Gasteiger charge is -2.30. The van der Waals surface area contributed by atoms with Gasteiger partial charge in [-0.3, -0.25) is 25.0 Å². The van der Waals surface area contributed by atoms with E-state index in [0.29, 0.717) is 10.8 Å². The third-order valence-corrected chi connectivity index (χ3v) is 6.33. The second-order valence-electron chi connectivity index (χ2n) is 4.91. The number of carboxylic acid groups (broad SMARTS) is 2. The molecule has 0 heterocycles. The highest BCUT2D eigenvalue weighted by Crippen LogP contribution is 2.51. The van der Waals surface area contributed by atoms with Gasteiger partial charge in [-0.15, -0.1) is 0 Å². The molecule has 1 aromatic rings. The second-order valence-corrected chi connectivity index (χ2v) is 7.44. The number of nitrogens with two attached hydrogens (primary N) is 2. The van der Waals surface area contributed by atoms with Crippen molar-refractivity contribution in [3.05, 3.63) is 56.1 Å². The highest BCUT2D eigenvalue weighted by Gasteiger charge is 2.76. The topological polar surface area (TPSA) is 213 Å². The molecule has 0 saturated carbocycles. The van der Waals surface area contributed by atoms with Crippen molar-refractivity contribution in [3.8, 4) is 0 Å². The first-order valence-electron chi connectivity index (χ1n) is 6.67. The number of rotatable bonds is 10. The predicted molar refractivity (Wildman–Crippen MR) is 92.3 cm³/mol. The van der Waals surface area contributed by atoms with E-state index in [-0.39, 0.29) is 22.1 Å². The van der Waals surface area contributed by atoms with Gasteiger partial charge in [-0.05, 0) is 0 Å². The van der Waals surface area contributed by atoms with Gasteiger partial charge in [0.15, 0.2) is 0 Å². The number of aliphatic carboxylic acids is 2. The molecule has 0 bridgehead atoms. The van der Waals surface area contributed by atoms with Crippen LogP contribution in [-0.4, -0.2) is 49.5 Å². The molecule has 3 atom stereocenters. The van der Waals surface area contributed by atoms with Crippen molar-refractivity contribution in [1.82, 2.24) is 0 Å². The number of hydrogen-bond acceptors (Lipinski definition) is 10. The average molecular weight is 406 g/mol. The minimum absolute atomic E-state index is 0.166. The maximum absolute atomic E-state index is 11.9. The summed E-state index contributed by atoms with van der Waals surface area (Å²) in [6, 6.07) is 4.95. The molecule has 142 valence electrons. The van der Waals surface area contributed by atoms with Gasteiger partial charge in [0.2, 0.25) is 0 Å². The molecule has 1 unspecified atom stereocenters. The van der Waals surface area contributed by atoms with E-state index in [1.165, 1.54) is 18.2 Å². The molecule has 1 rings (SSSR count). The van der Waals surface area contributed by atoms with Gasteiger partial charge in [-0.2, -0.15) is 0 Å². The summed E-state index contributed by atoms with van der Waals surface area (Å²) in [5.74, 6) is -4.00. The molecule has 1 aromatic carbocycles. The molecule has 0 aromatic heterocycles. The van der Waals surface area contributed by atoms with Gasteiger partial charge in [-0.1, -0.05) is 41.1 Å². The van der Waals surface area contributed by atoms with Crippen molar-refractivity contribution in [2.24, 2.45) is 11.5 Å². The average Bonchev–Trinajstić information content (AvgIpc) is 2.57. The number of nitro groups is 2. The van der Waals surface area contributed by atoms with Crippen LogP contribution in [0, 0.1) is 20.2 Å². The van der Waals surface area contributed by atoms with Gasteiger partial charge in [0.1, 0.15) is 6.04 Å². The highest BCUT2D eigenvalue weighted by atomic mass is 33.1. The Balaban J connectivity index is 3.53. The summed E-state index contributed by atoms with van der Waals surface area (Å²) in [7, 11) is 0.669. The van der Waals surface area contributed by atoms with E-state index in [0.717, 1.165) is 12.1 Å². The van der Waals surface area contributed by atoms with E-state index in [9.17, 15) is 34.9 Å². The quantitative estimate of drug-likeness (QED) is 0.174. The summed E-state index contributed by atoms with van der Waals surface area (Å²) in [4.78, 5) is 40.1. The largest absolute Gasteiger partial charge is 0.480 e. The Morgan fingerprint density at radius 1 is 1.15 bits per heavy atom. The van der Waals surface area contributed by atoms with Crippen LogP contribution in [0.15, 0.2) is 30.3 Å². The summed E-state index contributed by atoms with van der Waals surface area (Å²) in [5, 5.41) is 41.4. The second kappa shape index (κ2) is 8.31. The Morgan fingerprint density at radius 2 is 1.69 bits per heavy atom. The highest BCUT2D eigenvalue weighted by molar-refractivity contribution is 8.77. The van der Waals surface area contributed by atoms with E-state index < -0.39 is 38.4 Å². The van der Waals surface area contributed by atoms with Gasteiger partial charge >= 0.3 is 22.5 Å². The van der Waals surface area contributed by atoms with Crippen molar-refractivity contribution in [1.29, 1.82) is 0 Å². The smallest absolute Gasteiger partial charge is 0.452 e. The van der Waals surface area contributed by atoms with Crippen LogP contribution in [0.1, 0.15) is 5.56 Å². The summed E-state index contributed by atoms with van der Waals surface area (Å²) in [6.07, 6.45) is 0. The molecule has 0 radical (unpaired) electrons. The zero-order chi connectivity index (χ0) is 20.1. The molecular formula is C12H14N4O8S2. The van der Waals surface area contributed by atoms with Crippen LogP contribution in [0.4, 0.5) is 0 Å². The minimum atomic E-state index is -3.54. The molecule has 0 saturated heterocycles. The van der Waals surface area contributed by atoms with Crippen molar-refractivity contribution in [2.45, 2.75) is 16.6 Å². The van der Waals surface area contributed by atoms with Crippen molar-refractivity contribution in [2.75, 3.05) is 5.75 Å². The van der Waals surface area contributed by atoms with Crippen LogP contribution in [0.5, 0.6) is 0 Å². The molecular weight excluding hydrogens is 392 g/mol. The minimum Gasteiger partial charge on any atom is -0.480 e. The van der Waals surface area contributed by atoms with Crippen LogP contribution in [-0.2, 0) is 14.5 Å². The van der Waals surface area contributed by atoms with E-state index in [4.69, 9.17) is 16.6 Å². The zero-order valence-corrected chi connectivity index (χ0v) is 14.5. The van der Waals surface area contributed by atoms with Crippen LogP contribution in [0.2, 0.25) is 0 Å². The predicted octanol–water partition coefficient (Wildman–Crippen LogP) is -0.0743. The van der Waals surface area contributed by atoms with E-state index in [1.807, 2.05) is 0 Å². The first-order chi connectivity index (χ1) is 12.0. The monoisotopic (exact) mass is 406 g/mol. The van der Waals surface area contributed by atoms with Crippen molar-refractivity contribution in [3.63, 3.8) is 0 Å². The number of carbonyl (C=O) groups is 2. The first-order valence-corrected chi connectivity index (χ1v) is 8.99. The van der Waals surface area contributed by atoms with Gasteiger partial charge in [-0.25, -0.2) is 10.5 Å². The summed E-state index contributed by atoms with van der Waals surface area (Å²) >= 11 is 0. The van der Waals surface area contributed by atoms with E-state index in [2.05, 4.69) is 0 Å². The lowest BCUT2D eigenvalue weighted by Crippen LogP contribution is -2.69. The van der Waals surface area contributed by atoms with E-state index >= 15 is 0 Å². The maximum Gasteiger partial charge on any atom is 0.452 e. The zero-order valence-electron chi connectivity index (χ0n) is 12.9. The summed E-state index contributed by atoms with van der Waals surface area (Å²) < 4.78 is 0. The fourth-order valence-corrected chi connectivity index (χ4v) is 5.00. The summed E-state index contributed by atoms with van der Waals surface area (Å²) in [6.45, 7) is 0. The molecule has 12 nitrogen and oxygen atoms in total. The SMILES string of the molecule is N[C@@H](CSSC(c1ccccc1)([N+](=O)[O-])[C@](N)(C(=O)O)[N+](=O)[O-])C(=O)O. The molecule has 0 aliphatic heterocycles. The van der Waals surface area contributed by atoms with Gasteiger partial charge in [0.25, 0.3) is 0 Å². The molecule has 0 amide bonds. The van der Waals surface area contributed by atoms with Crippen LogP contribution < -0.4 is 11.5 Å². The number of nitrogens with zero attached hydrogens (tertiary/aromatic N) is 2.